The number of nitrogens with one attached hydrogen (secondary N) is 1. The van der Waals surface area contributed by atoms with Crippen molar-refractivity contribution in [2.75, 3.05) is 46.3 Å². The van der Waals surface area contributed by atoms with Crippen LogP contribution < -0.4 is 5.32 Å². The summed E-state index contributed by atoms with van der Waals surface area (Å²) in [6.45, 7) is 3.89. The summed E-state index contributed by atoms with van der Waals surface area (Å²) in [4.78, 5) is 7.95. The standard InChI is InChI=1S/C21H30F4N4/c1-3-28(15-21(23,24)25)12-16-7-10-29(13-16)19(26-2)27-14-20(8-9-20)17-5-4-6-18(22)11-17/h4-6,11,16H,3,7-10,12-15H2,1-2H3,(H,26,27). The number of hydrogen-bond acceptors (Lipinski definition) is 2. The van der Waals surface area contributed by atoms with E-state index in [2.05, 4.69) is 15.2 Å². The molecule has 1 saturated carbocycles. The Bertz CT molecular complexity index is 715. The average molecular weight is 414 g/mol. The van der Waals surface area contributed by atoms with Crippen molar-refractivity contribution in [3.8, 4) is 0 Å². The van der Waals surface area contributed by atoms with Crippen LogP contribution in [-0.2, 0) is 5.41 Å². The molecule has 1 aliphatic heterocycles. The molecular formula is C21H30F4N4. The van der Waals surface area contributed by atoms with E-state index in [1.165, 1.54) is 11.0 Å². The molecule has 1 unspecified atom stereocenters. The topological polar surface area (TPSA) is 30.9 Å². The van der Waals surface area contributed by atoms with E-state index in [9.17, 15) is 17.6 Å². The van der Waals surface area contributed by atoms with Crippen molar-refractivity contribution >= 4 is 5.96 Å². The summed E-state index contributed by atoms with van der Waals surface area (Å²) in [7, 11) is 1.72. The maximum absolute atomic E-state index is 13.6. The molecule has 29 heavy (non-hydrogen) atoms. The maximum Gasteiger partial charge on any atom is 0.401 e. The third-order valence-electron chi connectivity index (χ3n) is 6.04. The van der Waals surface area contributed by atoms with E-state index in [1.54, 1.807) is 26.1 Å². The largest absolute Gasteiger partial charge is 0.401 e. The van der Waals surface area contributed by atoms with Crippen molar-refractivity contribution in [2.45, 2.75) is 37.8 Å². The molecule has 1 saturated heterocycles. The molecule has 0 spiro atoms. The van der Waals surface area contributed by atoms with Gasteiger partial charge in [0.05, 0.1) is 6.54 Å². The van der Waals surface area contributed by atoms with Crippen LogP contribution >= 0.6 is 0 Å². The minimum atomic E-state index is -4.17. The van der Waals surface area contributed by atoms with Gasteiger partial charge in [0.1, 0.15) is 5.82 Å². The Balaban J connectivity index is 1.52. The number of hydrogen-bond donors (Lipinski definition) is 1. The molecule has 1 N–H and O–H groups in total. The van der Waals surface area contributed by atoms with Crippen molar-refractivity contribution in [1.82, 2.24) is 15.1 Å². The van der Waals surface area contributed by atoms with Crippen LogP contribution in [0.4, 0.5) is 17.6 Å². The molecular weight excluding hydrogens is 384 g/mol. The monoisotopic (exact) mass is 414 g/mol. The Hall–Kier alpha value is -1.83. The highest BCUT2D eigenvalue weighted by Gasteiger charge is 2.44. The van der Waals surface area contributed by atoms with E-state index in [0.717, 1.165) is 37.3 Å². The molecule has 0 bridgehead atoms. The van der Waals surface area contributed by atoms with Crippen molar-refractivity contribution in [3.63, 3.8) is 0 Å². The van der Waals surface area contributed by atoms with Crippen LogP contribution in [0.25, 0.3) is 0 Å². The van der Waals surface area contributed by atoms with Gasteiger partial charge in [0.2, 0.25) is 0 Å². The molecule has 2 fully saturated rings. The predicted octanol–water partition coefficient (Wildman–Crippen LogP) is 3.64. The van der Waals surface area contributed by atoms with Crippen LogP contribution in [0.3, 0.4) is 0 Å². The number of halogens is 4. The third kappa shape index (κ3) is 5.84. The van der Waals surface area contributed by atoms with Crippen LogP contribution in [0.15, 0.2) is 29.3 Å². The Labute approximate surface area is 170 Å². The number of rotatable bonds is 7. The lowest BCUT2D eigenvalue weighted by Gasteiger charge is -2.27. The average Bonchev–Trinajstić information content (AvgIpc) is 3.32. The van der Waals surface area contributed by atoms with Gasteiger partial charge in [-0.1, -0.05) is 19.1 Å². The van der Waals surface area contributed by atoms with Crippen LogP contribution in [0, 0.1) is 11.7 Å². The van der Waals surface area contributed by atoms with E-state index in [0.29, 0.717) is 26.2 Å². The van der Waals surface area contributed by atoms with Crippen LogP contribution in [0.2, 0.25) is 0 Å². The molecule has 1 aromatic rings. The lowest BCUT2D eigenvalue weighted by atomic mass is 9.96. The Morgan fingerprint density at radius 3 is 2.69 bits per heavy atom. The van der Waals surface area contributed by atoms with Crippen LogP contribution in [0.5, 0.6) is 0 Å². The Morgan fingerprint density at radius 1 is 1.34 bits per heavy atom. The van der Waals surface area contributed by atoms with Crippen LogP contribution in [0.1, 0.15) is 31.7 Å². The second kappa shape index (κ2) is 8.90. The Kier molecular flexibility index (Phi) is 6.71. The zero-order valence-corrected chi connectivity index (χ0v) is 17.1. The molecule has 0 aromatic heterocycles. The van der Waals surface area contributed by atoms with Crippen molar-refractivity contribution < 1.29 is 17.6 Å². The Morgan fingerprint density at radius 2 is 2.10 bits per heavy atom. The molecule has 1 aromatic carbocycles. The van der Waals surface area contributed by atoms with Gasteiger partial charge in [-0.3, -0.25) is 9.89 Å². The highest BCUT2D eigenvalue weighted by atomic mass is 19.4. The van der Waals surface area contributed by atoms with Gasteiger partial charge < -0.3 is 10.2 Å². The number of aliphatic imine (C=N–C) groups is 1. The van der Waals surface area contributed by atoms with Gasteiger partial charge in [-0.15, -0.1) is 0 Å². The van der Waals surface area contributed by atoms with E-state index in [1.807, 2.05) is 6.07 Å². The highest BCUT2D eigenvalue weighted by molar-refractivity contribution is 5.80. The van der Waals surface area contributed by atoms with Crippen molar-refractivity contribution in [2.24, 2.45) is 10.9 Å². The molecule has 3 rings (SSSR count). The summed E-state index contributed by atoms with van der Waals surface area (Å²) < 4.78 is 51.7. The van der Waals surface area contributed by atoms with Gasteiger partial charge in [-0.05, 0) is 49.4 Å². The van der Waals surface area contributed by atoms with Gasteiger partial charge >= 0.3 is 6.18 Å². The lowest BCUT2D eigenvalue weighted by molar-refractivity contribution is -0.146. The van der Waals surface area contributed by atoms with E-state index < -0.39 is 12.7 Å². The smallest absolute Gasteiger partial charge is 0.355 e. The normalized spacial score (nSPS) is 21.7. The number of benzene rings is 1. The summed E-state index contributed by atoms with van der Waals surface area (Å²) in [5, 5.41) is 3.42. The first-order valence-corrected chi connectivity index (χ1v) is 10.3. The zero-order chi connectivity index (χ0) is 21.1. The highest BCUT2D eigenvalue weighted by Crippen LogP contribution is 2.47. The van der Waals surface area contributed by atoms with Gasteiger partial charge in [0.15, 0.2) is 5.96 Å². The van der Waals surface area contributed by atoms with Crippen LogP contribution in [-0.4, -0.2) is 68.3 Å². The number of guanidine groups is 1. The van der Waals surface area contributed by atoms with Crippen molar-refractivity contribution in [3.05, 3.63) is 35.6 Å². The third-order valence-corrected chi connectivity index (χ3v) is 6.04. The van der Waals surface area contributed by atoms with Gasteiger partial charge in [-0.2, -0.15) is 13.2 Å². The van der Waals surface area contributed by atoms with Gasteiger partial charge in [0, 0.05) is 38.6 Å². The SMILES string of the molecule is CCN(CC1CCN(C(=NC)NCC2(c3cccc(F)c3)CC2)C1)CC(F)(F)F. The van der Waals surface area contributed by atoms with E-state index in [-0.39, 0.29) is 17.2 Å². The minimum Gasteiger partial charge on any atom is -0.355 e. The molecule has 1 heterocycles. The minimum absolute atomic E-state index is 0.0527. The lowest BCUT2D eigenvalue weighted by Crippen LogP contribution is -2.44. The summed E-state index contributed by atoms with van der Waals surface area (Å²) in [5.74, 6) is 0.739. The quantitative estimate of drug-likeness (QED) is 0.420. The molecule has 8 heteroatoms. The summed E-state index contributed by atoms with van der Waals surface area (Å²) >= 11 is 0. The zero-order valence-electron chi connectivity index (χ0n) is 17.1. The maximum atomic E-state index is 13.6. The van der Waals surface area contributed by atoms with Crippen molar-refractivity contribution in [1.29, 1.82) is 0 Å². The first kappa shape index (κ1) is 21.9. The summed E-state index contributed by atoms with van der Waals surface area (Å²) in [5.41, 5.74) is 0.952. The fourth-order valence-corrected chi connectivity index (χ4v) is 4.22. The molecule has 2 aliphatic rings. The van der Waals surface area contributed by atoms with E-state index >= 15 is 0 Å². The second-order valence-electron chi connectivity index (χ2n) is 8.24. The second-order valence-corrected chi connectivity index (χ2v) is 8.24. The first-order valence-electron chi connectivity index (χ1n) is 10.3. The van der Waals surface area contributed by atoms with Gasteiger partial charge in [0.25, 0.3) is 0 Å². The first-order chi connectivity index (χ1) is 13.7. The predicted molar refractivity (Wildman–Crippen MR) is 107 cm³/mol. The molecule has 0 radical (unpaired) electrons. The summed E-state index contributed by atoms with van der Waals surface area (Å²) in [6, 6.07) is 6.76. The van der Waals surface area contributed by atoms with E-state index in [4.69, 9.17) is 0 Å². The molecule has 1 atom stereocenters. The molecule has 162 valence electrons. The fourth-order valence-electron chi connectivity index (χ4n) is 4.22. The summed E-state index contributed by atoms with van der Waals surface area (Å²) in [6.07, 6.45) is -1.30. The number of likely N-dealkylation sites (tertiary alicyclic amines) is 1. The molecule has 4 nitrogen and oxygen atoms in total. The molecule has 0 amide bonds. The van der Waals surface area contributed by atoms with Gasteiger partial charge in [-0.25, -0.2) is 4.39 Å². The number of nitrogens with zero attached hydrogens (tertiary/aromatic N) is 3. The fraction of sp³-hybridized carbons (Fsp3) is 0.667. The molecule has 1 aliphatic carbocycles. The number of alkyl halides is 3.